The second kappa shape index (κ2) is 18.7. The quantitative estimate of drug-likeness (QED) is 0.0544. The molecule has 10 nitrogen and oxygen atoms in total. The maximum atomic E-state index is 14.1. The Balaban J connectivity index is 1.56. The van der Waals surface area contributed by atoms with Gasteiger partial charge in [0.2, 0.25) is 0 Å². The molecule has 0 aliphatic heterocycles. The van der Waals surface area contributed by atoms with Gasteiger partial charge in [0.1, 0.15) is 0 Å². The first-order valence-electron chi connectivity index (χ1n) is 17.4. The van der Waals surface area contributed by atoms with E-state index >= 15 is 0 Å². The average Bonchev–Trinajstić information content (AvgIpc) is 3.15. The van der Waals surface area contributed by atoms with Crippen LogP contribution in [0.4, 0.5) is 18.0 Å². The number of unbranched alkanes of at least 4 members (excludes halogenated alkanes) is 3. The van der Waals surface area contributed by atoms with E-state index in [9.17, 15) is 32.3 Å². The molecular formula is C40H44F3N2O8P. The molecule has 14 heteroatoms. The number of carbonyl (C=O) groups is 4. The summed E-state index contributed by atoms with van der Waals surface area (Å²) in [6, 6.07) is 30.1. The molecule has 4 rings (SSSR count). The summed E-state index contributed by atoms with van der Waals surface area (Å²) < 4.78 is 64.3. The van der Waals surface area contributed by atoms with E-state index in [4.69, 9.17) is 18.7 Å². The summed E-state index contributed by atoms with van der Waals surface area (Å²) in [4.78, 5) is 50.9. The number of halogens is 3. The van der Waals surface area contributed by atoms with Crippen molar-refractivity contribution < 1.29 is 51.1 Å². The molecule has 0 spiro atoms. The van der Waals surface area contributed by atoms with Crippen molar-refractivity contribution in [2.75, 3.05) is 32.8 Å². The zero-order valence-electron chi connectivity index (χ0n) is 30.3. The van der Waals surface area contributed by atoms with Crippen molar-refractivity contribution in [2.24, 2.45) is 0 Å². The molecule has 4 aromatic carbocycles. The molecular weight excluding hydrogens is 724 g/mol. The number of carbonyl (C=O) groups excluding carboxylic acids is 4. The third-order valence-corrected chi connectivity index (χ3v) is 14.6. The summed E-state index contributed by atoms with van der Waals surface area (Å²) in [5, 5.41) is 4.50. The minimum atomic E-state index is -5.24. The number of benzene rings is 4. The number of rotatable bonds is 17. The van der Waals surface area contributed by atoms with Crippen molar-refractivity contribution in [3.8, 4) is 17.2 Å². The molecule has 0 bridgehead atoms. The van der Waals surface area contributed by atoms with E-state index in [1.54, 1.807) is 98.0 Å². The minimum absolute atomic E-state index is 0.0156. The Hall–Kier alpha value is -5.26. The van der Waals surface area contributed by atoms with Crippen molar-refractivity contribution in [2.45, 2.75) is 45.7 Å². The number of hydrogen-bond donors (Lipinski definition) is 1. The standard InChI is InChI=1S/C40H44F3N2O8P/c1-30(46)50-36-24-23-32(29-37(36)51-31(2)47)52-39(49)45(27-25-44-3)26-15-4-5-16-28-54(33-17-9-6-10-18-33,34-19-11-7-12-20-34,35-21-13-8-14-22-35)53-38(48)40(41,42)43/h6-14,17-24,29,44H,4-5,15-16,25-28H2,1-3H3. The molecule has 0 unspecified atom stereocenters. The zero-order chi connectivity index (χ0) is 39.2. The fourth-order valence-electron chi connectivity index (χ4n) is 6.30. The normalized spacial score (nSPS) is 12.1. The summed E-state index contributed by atoms with van der Waals surface area (Å²) in [7, 11) is 1.74. The number of amides is 1. The van der Waals surface area contributed by atoms with Crippen LogP contribution in [0, 0.1) is 0 Å². The van der Waals surface area contributed by atoms with Crippen molar-refractivity contribution in [1.82, 2.24) is 10.2 Å². The summed E-state index contributed by atoms with van der Waals surface area (Å²) in [5.74, 6) is -3.59. The fourth-order valence-corrected chi connectivity index (χ4v) is 12.1. The van der Waals surface area contributed by atoms with Crippen LogP contribution in [-0.2, 0) is 18.9 Å². The molecule has 4 aromatic rings. The second-order valence-electron chi connectivity index (χ2n) is 12.5. The van der Waals surface area contributed by atoms with Gasteiger partial charge in [-0.2, -0.15) is 0 Å². The van der Waals surface area contributed by atoms with Gasteiger partial charge in [-0.05, 0) is 0 Å². The van der Waals surface area contributed by atoms with Crippen LogP contribution in [-0.4, -0.2) is 67.9 Å². The fraction of sp³-hybridized carbons (Fsp3) is 0.300. The maximum absolute atomic E-state index is 14.1. The van der Waals surface area contributed by atoms with Crippen LogP contribution < -0.4 is 35.4 Å². The molecule has 0 aliphatic carbocycles. The summed E-state index contributed by atoms with van der Waals surface area (Å²) in [6.45, 7) is -1.15. The molecule has 0 aromatic heterocycles. The van der Waals surface area contributed by atoms with E-state index in [-0.39, 0.29) is 23.4 Å². The van der Waals surface area contributed by atoms with Crippen molar-refractivity contribution in [1.29, 1.82) is 0 Å². The van der Waals surface area contributed by atoms with Gasteiger partial charge >= 0.3 is 274 Å². The van der Waals surface area contributed by atoms with E-state index in [2.05, 4.69) is 5.32 Å². The van der Waals surface area contributed by atoms with Crippen molar-refractivity contribution in [3.63, 3.8) is 0 Å². The van der Waals surface area contributed by atoms with Gasteiger partial charge in [0, 0.05) is 13.8 Å². The van der Waals surface area contributed by atoms with E-state index in [1.807, 2.05) is 0 Å². The Labute approximate surface area is 312 Å². The first-order chi connectivity index (χ1) is 25.8. The number of nitrogens with one attached hydrogen (secondary N) is 1. The van der Waals surface area contributed by atoms with Crippen molar-refractivity contribution >= 4 is 46.7 Å². The van der Waals surface area contributed by atoms with Gasteiger partial charge < -0.3 is 9.47 Å². The van der Waals surface area contributed by atoms with Crippen LogP contribution in [0.5, 0.6) is 17.2 Å². The zero-order valence-corrected chi connectivity index (χ0v) is 31.2. The van der Waals surface area contributed by atoms with E-state index in [0.717, 1.165) is 0 Å². The van der Waals surface area contributed by atoms with Crippen LogP contribution in [0.15, 0.2) is 109 Å². The third kappa shape index (κ3) is 10.0. The van der Waals surface area contributed by atoms with Crippen LogP contribution >= 0.6 is 6.83 Å². The van der Waals surface area contributed by atoms with E-state index in [0.29, 0.717) is 61.2 Å². The van der Waals surface area contributed by atoms with Gasteiger partial charge in [-0.25, -0.2) is 0 Å². The van der Waals surface area contributed by atoms with Gasteiger partial charge in [-0.15, -0.1) is 0 Å². The van der Waals surface area contributed by atoms with E-state index in [1.165, 1.54) is 36.9 Å². The number of alkyl halides is 3. The van der Waals surface area contributed by atoms with Crippen LogP contribution in [0.25, 0.3) is 0 Å². The Kier molecular flexibility index (Phi) is 14.3. The van der Waals surface area contributed by atoms with Crippen LogP contribution in [0.1, 0.15) is 39.5 Å². The monoisotopic (exact) mass is 768 g/mol. The van der Waals surface area contributed by atoms with Crippen molar-refractivity contribution in [3.05, 3.63) is 109 Å². The predicted molar refractivity (Wildman–Crippen MR) is 201 cm³/mol. The molecule has 0 saturated carbocycles. The molecule has 1 amide bonds. The first kappa shape index (κ1) is 41.5. The van der Waals surface area contributed by atoms with Gasteiger partial charge in [0.15, 0.2) is 5.75 Å². The first-order valence-corrected chi connectivity index (χ1v) is 19.8. The molecule has 0 atom stereocenters. The SMILES string of the molecule is CNCCN(CCCCCCP(OC(=O)C(F)(F)F)(c1ccccc1)(c1ccccc1)c1ccccc1)C(=O)Oc1ccc(OC(C)=O)c(OC(C)=O)c1. The van der Waals surface area contributed by atoms with E-state index < -0.39 is 37.0 Å². The molecule has 0 aliphatic rings. The molecule has 0 fully saturated rings. The Morgan fingerprint density at radius 1 is 0.648 bits per heavy atom. The molecule has 1 N–H and O–H groups in total. The number of likely N-dealkylation sites (N-methyl/N-ethyl adjacent to an activating group) is 1. The summed E-state index contributed by atoms with van der Waals surface area (Å²) >= 11 is 0. The average molecular weight is 769 g/mol. The number of nitrogens with zero attached hydrogens (tertiary/aromatic N) is 1. The number of hydrogen-bond acceptors (Lipinski definition) is 9. The third-order valence-electron chi connectivity index (χ3n) is 8.70. The molecule has 0 radical (unpaired) electrons. The van der Waals surface area contributed by atoms with Gasteiger partial charge in [0.05, 0.1) is 0 Å². The Bertz CT molecular complexity index is 1780. The second-order valence-corrected chi connectivity index (χ2v) is 17.1. The van der Waals surface area contributed by atoms with Crippen LogP contribution in [0.2, 0.25) is 0 Å². The number of ether oxygens (including phenoxy) is 3. The Morgan fingerprint density at radius 3 is 1.63 bits per heavy atom. The van der Waals surface area contributed by atoms with Crippen LogP contribution in [0.3, 0.4) is 0 Å². The van der Waals surface area contributed by atoms with Gasteiger partial charge in [-0.3, -0.25) is 9.59 Å². The summed E-state index contributed by atoms with van der Waals surface area (Å²) in [6.07, 6.45) is -3.72. The molecule has 288 valence electrons. The predicted octanol–water partition coefficient (Wildman–Crippen LogP) is 6.67. The molecule has 54 heavy (non-hydrogen) atoms. The molecule has 0 saturated heterocycles. The topological polar surface area (TPSA) is 120 Å². The summed E-state index contributed by atoms with van der Waals surface area (Å²) in [5.41, 5.74) is 0. The molecule has 0 heterocycles. The number of esters is 2. The van der Waals surface area contributed by atoms with Gasteiger partial charge in [0.25, 0.3) is 0 Å². The van der Waals surface area contributed by atoms with Gasteiger partial charge in [-0.1, -0.05) is 0 Å². The Morgan fingerprint density at radius 2 is 1.15 bits per heavy atom.